The van der Waals surface area contributed by atoms with Crippen LogP contribution in [0.3, 0.4) is 0 Å². The first-order chi connectivity index (χ1) is 36.7. The zero-order valence-corrected chi connectivity index (χ0v) is 48.9. The van der Waals surface area contributed by atoms with Gasteiger partial charge in [-0.3, -0.25) is 14.2 Å². The molecule has 0 aromatic heterocycles. The third kappa shape index (κ3) is 17.2. The second-order valence-electron chi connectivity index (χ2n) is 21.2. The molecule has 1 saturated carbocycles. The van der Waals surface area contributed by atoms with Crippen molar-refractivity contribution < 1.29 is 49.4 Å². The Hall–Kier alpha value is -5.02. The van der Waals surface area contributed by atoms with Gasteiger partial charge in [0.2, 0.25) is 20.0 Å². The monoisotopic (exact) mass is 1120 g/mol. The molecule has 2 aliphatic rings. The number of ether oxygens (including phenoxy) is 3. The Morgan fingerprint density at radius 3 is 1.94 bits per heavy atom. The lowest BCUT2D eigenvalue weighted by molar-refractivity contribution is -0.131. The van der Waals surface area contributed by atoms with Gasteiger partial charge >= 0.3 is 5.97 Å². The number of phenolic OH excluding ortho intramolecular Hbond substituents is 1. The molecule has 426 valence electrons. The van der Waals surface area contributed by atoms with E-state index in [1.165, 1.54) is 106 Å². The van der Waals surface area contributed by atoms with Gasteiger partial charge in [0.15, 0.2) is 5.75 Å². The van der Waals surface area contributed by atoms with E-state index in [0.717, 1.165) is 69.3 Å². The molecule has 17 nitrogen and oxygen atoms in total. The first kappa shape index (κ1) is 61.2. The fraction of sp³-hybridized carbons (Fsp3) is 0.596. The summed E-state index contributed by atoms with van der Waals surface area (Å²) in [5.74, 6) is -0.593. The lowest BCUT2D eigenvalue weighted by atomic mass is 9.83. The van der Waals surface area contributed by atoms with Crippen molar-refractivity contribution in [2.45, 2.75) is 191 Å². The van der Waals surface area contributed by atoms with Gasteiger partial charge < -0.3 is 24.2 Å². The van der Waals surface area contributed by atoms with Gasteiger partial charge in [-0.1, -0.05) is 122 Å². The smallest absolute Gasteiger partial charge is 0.308 e. The molecule has 1 aliphatic heterocycles. The number of fused-ring (bicyclic) bond motifs is 1. The highest BCUT2D eigenvalue weighted by Gasteiger charge is 2.34. The van der Waals surface area contributed by atoms with Crippen LogP contribution in [0.5, 0.6) is 17.2 Å². The molecule has 0 amide bonds. The molecule has 3 N–H and O–H groups in total. The molecule has 2 fully saturated rings. The molecule has 0 bridgehead atoms. The minimum atomic E-state index is -4.54. The summed E-state index contributed by atoms with van der Waals surface area (Å²) >= 11 is 0. The molecule has 4 aromatic carbocycles. The quantitative estimate of drug-likeness (QED) is 0.0192. The van der Waals surface area contributed by atoms with Gasteiger partial charge in [0.25, 0.3) is 10.0 Å². The fourth-order valence-electron chi connectivity index (χ4n) is 10.6. The number of morpholine rings is 1. The summed E-state index contributed by atoms with van der Waals surface area (Å²) in [5, 5.41) is 20.6. The molecule has 0 spiro atoms. The van der Waals surface area contributed by atoms with Crippen LogP contribution in [0.1, 0.15) is 175 Å². The summed E-state index contributed by atoms with van der Waals surface area (Å²) in [7, 11) is -12.8. The Bertz CT molecular complexity index is 2970. The Morgan fingerprint density at radius 1 is 0.740 bits per heavy atom. The van der Waals surface area contributed by atoms with E-state index in [9.17, 15) is 26.7 Å². The van der Waals surface area contributed by atoms with E-state index < -0.39 is 58.8 Å². The second kappa shape index (κ2) is 28.7. The molecule has 0 radical (unpaired) electrons. The highest BCUT2D eigenvalue weighted by atomic mass is 32.2. The second-order valence-corrected chi connectivity index (χ2v) is 26.4. The number of phenols is 1. The summed E-state index contributed by atoms with van der Waals surface area (Å²) in [4.78, 5) is 13.9. The maximum Gasteiger partial charge on any atom is 0.308 e. The molecule has 1 aliphatic carbocycles. The summed E-state index contributed by atoms with van der Waals surface area (Å²) in [6.45, 7) is 12.3. The number of hydrogen-bond acceptors (Lipinski definition) is 14. The summed E-state index contributed by atoms with van der Waals surface area (Å²) in [6, 6.07) is 12.4. The van der Waals surface area contributed by atoms with Crippen LogP contribution in [-0.4, -0.2) is 91.9 Å². The maximum atomic E-state index is 15.1. The fourth-order valence-corrected chi connectivity index (χ4v) is 14.5. The van der Waals surface area contributed by atoms with Crippen molar-refractivity contribution in [3.05, 3.63) is 60.2 Å². The molecular formula is C57H84N6O11S3. The number of sulfonamides is 3. The van der Waals surface area contributed by atoms with Crippen LogP contribution >= 0.6 is 0 Å². The van der Waals surface area contributed by atoms with E-state index in [4.69, 9.17) is 14.2 Å². The Kier molecular flexibility index (Phi) is 22.8. The molecule has 0 unspecified atom stereocenters. The Labute approximate surface area is 459 Å². The first-order valence-electron chi connectivity index (χ1n) is 27.9. The molecule has 1 heterocycles. The highest BCUT2D eigenvalue weighted by molar-refractivity contribution is 7.93. The number of carbonyl (C=O) groups is 1. The molecular weight excluding hydrogens is 1040 g/mol. The average Bonchev–Trinajstić information content (AvgIpc) is 3.37. The predicted octanol–water partition coefficient (Wildman–Crippen LogP) is 13.6. The van der Waals surface area contributed by atoms with E-state index in [1.54, 1.807) is 52.0 Å². The molecule has 1 saturated heterocycles. The third-order valence-corrected chi connectivity index (χ3v) is 18.5. The Balaban J connectivity index is 1.32. The first-order valence-corrected chi connectivity index (χ1v) is 32.7. The normalized spacial score (nSPS) is 15.1. The van der Waals surface area contributed by atoms with Crippen LogP contribution in [0.4, 0.5) is 28.4 Å². The van der Waals surface area contributed by atoms with Crippen LogP contribution in [0.15, 0.2) is 74.6 Å². The van der Waals surface area contributed by atoms with Crippen molar-refractivity contribution in [1.82, 2.24) is 4.31 Å². The van der Waals surface area contributed by atoms with Crippen molar-refractivity contribution in [2.75, 3.05) is 53.5 Å². The average molecular weight is 1130 g/mol. The molecule has 6 rings (SSSR count). The number of unbranched alkanes of at least 4 members (excludes halogenated alkanes) is 13. The predicted molar refractivity (Wildman–Crippen MR) is 307 cm³/mol. The lowest BCUT2D eigenvalue weighted by Gasteiger charge is -2.30. The lowest BCUT2D eigenvalue weighted by Crippen LogP contribution is -2.41. The van der Waals surface area contributed by atoms with Crippen molar-refractivity contribution in [3.8, 4) is 17.2 Å². The number of esters is 1. The minimum absolute atomic E-state index is 0.000293. The number of rotatable bonds is 30. The molecule has 4 aromatic rings. The van der Waals surface area contributed by atoms with Crippen LogP contribution < -0.4 is 23.8 Å². The van der Waals surface area contributed by atoms with Crippen molar-refractivity contribution in [1.29, 1.82) is 0 Å². The number of nitrogens with zero attached hydrogens (tertiary/aromatic N) is 4. The van der Waals surface area contributed by atoms with Gasteiger partial charge in [-0.05, 0) is 94.8 Å². The van der Waals surface area contributed by atoms with Gasteiger partial charge in [-0.2, -0.15) is 9.42 Å². The van der Waals surface area contributed by atoms with E-state index in [1.807, 2.05) is 4.90 Å². The summed E-state index contributed by atoms with van der Waals surface area (Å²) in [6.07, 6.45) is 23.3. The Morgan fingerprint density at radius 2 is 1.35 bits per heavy atom. The van der Waals surface area contributed by atoms with Gasteiger partial charge in [0.1, 0.15) is 21.3 Å². The molecule has 20 heteroatoms. The number of aromatic hydroxyl groups is 1. The van der Waals surface area contributed by atoms with Crippen LogP contribution in [-0.2, 0) is 39.6 Å². The number of benzene rings is 4. The number of anilines is 3. The summed E-state index contributed by atoms with van der Waals surface area (Å²) < 4.78 is 108. The van der Waals surface area contributed by atoms with Gasteiger partial charge in [-0.15, -0.1) is 5.11 Å². The van der Waals surface area contributed by atoms with E-state index in [-0.39, 0.29) is 50.1 Å². The van der Waals surface area contributed by atoms with Crippen LogP contribution in [0.25, 0.3) is 10.8 Å². The number of azo groups is 1. The zero-order chi connectivity index (χ0) is 55.8. The largest absolute Gasteiger partial charge is 0.506 e. The van der Waals surface area contributed by atoms with Gasteiger partial charge in [0.05, 0.1) is 54.5 Å². The maximum absolute atomic E-state index is 15.1. The zero-order valence-electron chi connectivity index (χ0n) is 46.4. The highest BCUT2D eigenvalue weighted by Crippen LogP contribution is 2.46. The van der Waals surface area contributed by atoms with Crippen molar-refractivity contribution in [2.24, 2.45) is 10.2 Å². The van der Waals surface area contributed by atoms with E-state index >= 15 is 8.42 Å². The van der Waals surface area contributed by atoms with Gasteiger partial charge in [0, 0.05) is 48.9 Å². The third-order valence-electron chi connectivity index (χ3n) is 14.2. The molecule has 0 atom stereocenters. The minimum Gasteiger partial charge on any atom is -0.506 e. The topological polar surface area (TPSA) is 223 Å². The standard InChI is InChI=1S/C57H84N6O11S3/c1-8-9-10-11-12-13-14-15-16-17-18-19-20-24-34-73-52-40-53(74-43(6)64)49(38-47(52)44-26-22-21-23-27-44)61-76(68,69)54-37-45(30-31-51(54)62-32-35-72-36-33-62)58-59-50-39-55(77(70,71)63(41(2)3)42(4)5)57(65)46-28-25-29-48(56(46)50)60-75(7,66)67/h25,28-31,37-42,44,60-61,65H,8-24,26-27,32-36H2,1-7H3. The number of nitrogens with one attached hydrogen (secondary N) is 2. The van der Waals surface area contributed by atoms with E-state index in [0.29, 0.717) is 44.3 Å². The molecule has 77 heavy (non-hydrogen) atoms. The van der Waals surface area contributed by atoms with Crippen molar-refractivity contribution in [3.63, 3.8) is 0 Å². The van der Waals surface area contributed by atoms with Crippen molar-refractivity contribution >= 4 is 75.2 Å². The van der Waals surface area contributed by atoms with Crippen LogP contribution in [0.2, 0.25) is 0 Å². The summed E-state index contributed by atoms with van der Waals surface area (Å²) in [5.41, 5.74) is 1.18. The SMILES string of the molecule is CCCCCCCCCCCCCCCCOc1cc(OC(C)=O)c(NS(=O)(=O)c2cc(N=Nc3cc(S(=O)(=O)N(C(C)C)C(C)C)c(O)c4cccc(NS(C)(=O)=O)c34)ccc2N2CCOCC2)cc1C1CCCCC1. The van der Waals surface area contributed by atoms with E-state index in [2.05, 4.69) is 26.6 Å². The number of carbonyl (C=O) groups excluding carboxylic acids is 1. The van der Waals surface area contributed by atoms with Gasteiger partial charge in [-0.25, -0.2) is 25.3 Å². The van der Waals surface area contributed by atoms with Crippen LogP contribution in [0, 0.1) is 0 Å². The number of hydrogen-bond donors (Lipinski definition) is 3.